The van der Waals surface area contributed by atoms with Gasteiger partial charge in [0.2, 0.25) is 0 Å². The number of amides is 2. The Balaban J connectivity index is 1.91. The third kappa shape index (κ3) is 3.88. The van der Waals surface area contributed by atoms with Crippen molar-refractivity contribution in [3.63, 3.8) is 0 Å². The maximum atomic E-state index is 11.7. The summed E-state index contributed by atoms with van der Waals surface area (Å²) in [5.74, 6) is 0. The van der Waals surface area contributed by atoms with Gasteiger partial charge in [-0.1, -0.05) is 36.4 Å². The maximum Gasteiger partial charge on any atom is 0.323 e. The van der Waals surface area contributed by atoms with Crippen LogP contribution >= 0.6 is 0 Å². The highest BCUT2D eigenvalue weighted by Crippen LogP contribution is 2.19. The highest BCUT2D eigenvalue weighted by molar-refractivity contribution is 5.93. The number of hydrogen-bond acceptors (Lipinski definition) is 2. The van der Waals surface area contributed by atoms with Crippen LogP contribution in [0.2, 0.25) is 0 Å². The first kappa shape index (κ1) is 13.7. The lowest BCUT2D eigenvalue weighted by atomic mass is 10.2. The van der Waals surface area contributed by atoms with E-state index in [1.807, 2.05) is 55.5 Å². The van der Waals surface area contributed by atoms with Gasteiger partial charge in [-0.05, 0) is 36.3 Å². The van der Waals surface area contributed by atoms with Gasteiger partial charge in [0.15, 0.2) is 0 Å². The van der Waals surface area contributed by atoms with Gasteiger partial charge in [0.1, 0.15) is 0 Å². The number of benzene rings is 2. The number of hydrogen-bond donors (Lipinski definition) is 3. The van der Waals surface area contributed by atoms with Crippen LogP contribution in [0.5, 0.6) is 0 Å². The smallest absolute Gasteiger partial charge is 0.323 e. The molecule has 0 bridgehead atoms. The molecule has 0 saturated carbocycles. The molecule has 4 heteroatoms. The molecule has 0 heterocycles. The molecule has 0 spiro atoms. The van der Waals surface area contributed by atoms with Crippen molar-refractivity contribution < 1.29 is 4.79 Å². The quantitative estimate of drug-likeness (QED) is 0.746. The van der Waals surface area contributed by atoms with Crippen molar-refractivity contribution in [3.05, 3.63) is 65.9 Å². The number of aryl methyl sites for hydroxylation is 1. The Morgan fingerprint density at radius 3 is 2.60 bits per heavy atom. The summed E-state index contributed by atoms with van der Waals surface area (Å²) in [5, 5.41) is 5.33. The van der Waals surface area contributed by atoms with Crippen molar-refractivity contribution in [1.29, 1.82) is 0 Å². The molecule has 0 saturated heterocycles. The third-order valence-corrected chi connectivity index (χ3v) is 2.75. The Kier molecular flexibility index (Phi) is 4.39. The summed E-state index contributed by atoms with van der Waals surface area (Å²) < 4.78 is 0. The van der Waals surface area contributed by atoms with Crippen LogP contribution in [0.4, 0.5) is 16.2 Å². The van der Waals surface area contributed by atoms with Crippen LogP contribution in [0.25, 0.3) is 6.08 Å². The minimum Gasteiger partial charge on any atom is -0.397 e. The Morgan fingerprint density at radius 2 is 1.90 bits per heavy atom. The first-order chi connectivity index (χ1) is 9.65. The number of carbonyl (C=O) groups excluding carboxylic acids is 1. The molecule has 2 aromatic carbocycles. The van der Waals surface area contributed by atoms with E-state index in [0.717, 1.165) is 11.1 Å². The SMILES string of the molecule is Cc1ccc(NC(=O)N/C=C/c2ccccc2)c(N)c1. The molecular formula is C16H17N3O. The van der Waals surface area contributed by atoms with E-state index < -0.39 is 0 Å². The molecule has 2 rings (SSSR count). The summed E-state index contributed by atoms with van der Waals surface area (Å²) in [7, 11) is 0. The van der Waals surface area contributed by atoms with Gasteiger partial charge in [0.05, 0.1) is 11.4 Å². The van der Waals surface area contributed by atoms with Gasteiger partial charge in [0, 0.05) is 6.20 Å². The molecule has 2 amide bonds. The second-order valence-electron chi connectivity index (χ2n) is 4.43. The average molecular weight is 267 g/mol. The molecule has 102 valence electrons. The van der Waals surface area contributed by atoms with Crippen molar-refractivity contribution in [2.24, 2.45) is 0 Å². The molecule has 4 N–H and O–H groups in total. The summed E-state index contributed by atoms with van der Waals surface area (Å²) in [5.41, 5.74) is 9.05. The Morgan fingerprint density at radius 1 is 1.15 bits per heavy atom. The van der Waals surface area contributed by atoms with E-state index in [-0.39, 0.29) is 6.03 Å². The summed E-state index contributed by atoms with van der Waals surface area (Å²) in [6, 6.07) is 14.9. The average Bonchev–Trinajstić information content (AvgIpc) is 2.43. The lowest BCUT2D eigenvalue weighted by Gasteiger charge is -2.08. The van der Waals surface area contributed by atoms with Crippen LogP contribution in [0.15, 0.2) is 54.7 Å². The van der Waals surface area contributed by atoms with Crippen LogP contribution in [-0.2, 0) is 0 Å². The zero-order valence-electron chi connectivity index (χ0n) is 11.3. The Labute approximate surface area is 118 Å². The lowest BCUT2D eigenvalue weighted by molar-refractivity contribution is 0.255. The molecule has 0 radical (unpaired) electrons. The zero-order chi connectivity index (χ0) is 14.4. The van der Waals surface area contributed by atoms with E-state index in [2.05, 4.69) is 10.6 Å². The number of nitrogens with one attached hydrogen (secondary N) is 2. The normalized spacial score (nSPS) is 10.4. The van der Waals surface area contributed by atoms with Gasteiger partial charge >= 0.3 is 6.03 Å². The maximum absolute atomic E-state index is 11.7. The molecular weight excluding hydrogens is 250 g/mol. The van der Waals surface area contributed by atoms with E-state index in [1.54, 1.807) is 12.3 Å². The van der Waals surface area contributed by atoms with Crippen LogP contribution in [0, 0.1) is 6.92 Å². The van der Waals surface area contributed by atoms with E-state index in [1.165, 1.54) is 0 Å². The molecule has 0 aromatic heterocycles. The highest BCUT2D eigenvalue weighted by Gasteiger charge is 2.02. The molecule has 4 nitrogen and oxygen atoms in total. The second-order valence-corrected chi connectivity index (χ2v) is 4.43. The second kappa shape index (κ2) is 6.43. The van der Waals surface area contributed by atoms with Gasteiger partial charge in [-0.25, -0.2) is 4.79 Å². The summed E-state index contributed by atoms with van der Waals surface area (Å²) >= 11 is 0. The fraction of sp³-hybridized carbons (Fsp3) is 0.0625. The minimum atomic E-state index is -0.326. The van der Waals surface area contributed by atoms with E-state index in [4.69, 9.17) is 5.73 Å². The first-order valence-electron chi connectivity index (χ1n) is 6.30. The van der Waals surface area contributed by atoms with E-state index in [0.29, 0.717) is 11.4 Å². The van der Waals surface area contributed by atoms with Crippen molar-refractivity contribution in [1.82, 2.24) is 5.32 Å². The van der Waals surface area contributed by atoms with Gasteiger partial charge in [0.25, 0.3) is 0 Å². The molecule has 0 unspecified atom stereocenters. The number of rotatable bonds is 3. The molecule has 20 heavy (non-hydrogen) atoms. The summed E-state index contributed by atoms with van der Waals surface area (Å²) in [6.07, 6.45) is 3.41. The fourth-order valence-electron chi connectivity index (χ4n) is 1.73. The number of nitrogens with two attached hydrogens (primary N) is 1. The first-order valence-corrected chi connectivity index (χ1v) is 6.30. The Hall–Kier alpha value is -2.75. The van der Waals surface area contributed by atoms with Crippen molar-refractivity contribution in [3.8, 4) is 0 Å². The monoisotopic (exact) mass is 267 g/mol. The molecule has 2 aromatic rings. The summed E-state index contributed by atoms with van der Waals surface area (Å²) in [4.78, 5) is 11.7. The Bertz CT molecular complexity index is 621. The predicted molar refractivity (Wildman–Crippen MR) is 83.2 cm³/mol. The highest BCUT2D eigenvalue weighted by atomic mass is 16.2. The third-order valence-electron chi connectivity index (χ3n) is 2.75. The van der Waals surface area contributed by atoms with E-state index in [9.17, 15) is 4.79 Å². The topological polar surface area (TPSA) is 67.2 Å². The largest absolute Gasteiger partial charge is 0.397 e. The van der Waals surface area contributed by atoms with Crippen molar-refractivity contribution in [2.75, 3.05) is 11.1 Å². The molecule has 0 aliphatic carbocycles. The number of urea groups is 1. The molecule has 0 aliphatic heterocycles. The van der Waals surface area contributed by atoms with Crippen LogP contribution in [-0.4, -0.2) is 6.03 Å². The minimum absolute atomic E-state index is 0.326. The predicted octanol–water partition coefficient (Wildman–Crippen LogP) is 3.37. The van der Waals surface area contributed by atoms with E-state index >= 15 is 0 Å². The number of anilines is 2. The molecule has 0 atom stereocenters. The van der Waals surface area contributed by atoms with Crippen LogP contribution in [0.3, 0.4) is 0 Å². The molecule has 0 aliphatic rings. The van der Waals surface area contributed by atoms with Gasteiger partial charge < -0.3 is 16.4 Å². The standard InChI is InChI=1S/C16H17N3O/c1-12-7-8-15(14(17)11-12)19-16(20)18-10-9-13-5-3-2-4-6-13/h2-11H,17H2,1H3,(H2,18,19,20)/b10-9+. The zero-order valence-corrected chi connectivity index (χ0v) is 11.3. The lowest BCUT2D eigenvalue weighted by Crippen LogP contribution is -2.24. The van der Waals surface area contributed by atoms with Crippen LogP contribution < -0.4 is 16.4 Å². The van der Waals surface area contributed by atoms with Gasteiger partial charge in [-0.2, -0.15) is 0 Å². The fourth-order valence-corrected chi connectivity index (χ4v) is 1.73. The number of carbonyl (C=O) groups is 1. The van der Waals surface area contributed by atoms with Crippen LogP contribution in [0.1, 0.15) is 11.1 Å². The van der Waals surface area contributed by atoms with Gasteiger partial charge in [-0.15, -0.1) is 0 Å². The van der Waals surface area contributed by atoms with Crippen molar-refractivity contribution in [2.45, 2.75) is 6.92 Å². The van der Waals surface area contributed by atoms with Crippen molar-refractivity contribution >= 4 is 23.5 Å². The molecule has 0 fully saturated rings. The summed E-state index contributed by atoms with van der Waals surface area (Å²) in [6.45, 7) is 1.95. The van der Waals surface area contributed by atoms with Gasteiger partial charge in [-0.3, -0.25) is 0 Å². The number of nitrogen functional groups attached to an aromatic ring is 1.